The third kappa shape index (κ3) is 1.69. The molecule has 0 amide bonds. The highest BCUT2D eigenvalue weighted by atomic mass is 35.5. The summed E-state index contributed by atoms with van der Waals surface area (Å²) in [5.41, 5.74) is 2.84. The molecule has 5 heteroatoms. The van der Waals surface area contributed by atoms with Gasteiger partial charge in [0.1, 0.15) is 0 Å². The largest absolute Gasteiger partial charge is 0.296 e. The number of hydrogen-bond donors (Lipinski definition) is 1. The van der Waals surface area contributed by atoms with Crippen LogP contribution in [0.4, 0.5) is 0 Å². The van der Waals surface area contributed by atoms with Crippen LogP contribution >= 0.6 is 11.6 Å². The van der Waals surface area contributed by atoms with Crippen LogP contribution in [-0.4, -0.2) is 21.7 Å². The molecule has 1 aliphatic rings. The Kier molecular flexibility index (Phi) is 2.34. The fourth-order valence-corrected chi connectivity index (χ4v) is 2.35. The molecule has 17 heavy (non-hydrogen) atoms. The Morgan fingerprint density at radius 2 is 1.94 bits per heavy atom. The molecule has 0 aliphatic carbocycles. The van der Waals surface area contributed by atoms with E-state index in [1.165, 1.54) is 0 Å². The van der Waals surface area contributed by atoms with E-state index >= 15 is 0 Å². The van der Waals surface area contributed by atoms with Crippen LogP contribution < -0.4 is 5.56 Å². The first-order valence-electron chi connectivity index (χ1n) is 5.42. The van der Waals surface area contributed by atoms with Gasteiger partial charge in [-0.2, -0.15) is 0 Å². The number of halogens is 1. The lowest BCUT2D eigenvalue weighted by atomic mass is 10.3. The van der Waals surface area contributed by atoms with E-state index in [1.54, 1.807) is 0 Å². The predicted molar refractivity (Wildman–Crippen MR) is 66.6 cm³/mol. The minimum Gasteiger partial charge on any atom is -0.296 e. The Balaban J connectivity index is 2.14. The molecule has 0 atom stereocenters. The molecule has 0 fully saturated rings. The SMILES string of the molecule is CN1Cc2c(n(-c3ccc(Cl)cc3)[nH]c2=O)C1. The highest BCUT2D eigenvalue weighted by Crippen LogP contribution is 2.21. The van der Waals surface area contributed by atoms with E-state index in [1.807, 2.05) is 36.0 Å². The number of fused-ring (bicyclic) bond motifs is 1. The van der Waals surface area contributed by atoms with Crippen molar-refractivity contribution in [3.8, 4) is 5.69 Å². The van der Waals surface area contributed by atoms with Crippen molar-refractivity contribution in [3.63, 3.8) is 0 Å². The maximum absolute atomic E-state index is 11.8. The van der Waals surface area contributed by atoms with Gasteiger partial charge in [-0.25, -0.2) is 0 Å². The standard InChI is InChI=1S/C12H12ClN3O/c1-15-6-10-11(7-15)16(14-12(10)17)9-4-2-8(13)3-5-9/h2-5H,6-7H2,1H3,(H,14,17). The van der Waals surface area contributed by atoms with E-state index < -0.39 is 0 Å². The highest BCUT2D eigenvalue weighted by molar-refractivity contribution is 6.30. The first-order chi connectivity index (χ1) is 8.15. The van der Waals surface area contributed by atoms with Crippen molar-refractivity contribution in [1.82, 2.24) is 14.7 Å². The lowest BCUT2D eigenvalue weighted by molar-refractivity contribution is 0.345. The van der Waals surface area contributed by atoms with Gasteiger partial charge in [0.25, 0.3) is 5.56 Å². The summed E-state index contributed by atoms with van der Waals surface area (Å²) in [4.78, 5) is 13.9. The summed E-state index contributed by atoms with van der Waals surface area (Å²) >= 11 is 5.86. The van der Waals surface area contributed by atoms with E-state index in [0.29, 0.717) is 11.6 Å². The molecular formula is C12H12ClN3O. The van der Waals surface area contributed by atoms with Crippen LogP contribution in [0.25, 0.3) is 5.69 Å². The molecule has 0 unspecified atom stereocenters. The second kappa shape index (κ2) is 3.75. The summed E-state index contributed by atoms with van der Waals surface area (Å²) in [6.45, 7) is 1.50. The van der Waals surface area contributed by atoms with Gasteiger partial charge < -0.3 is 0 Å². The third-order valence-electron chi connectivity index (χ3n) is 3.04. The van der Waals surface area contributed by atoms with E-state index in [9.17, 15) is 4.79 Å². The zero-order chi connectivity index (χ0) is 12.0. The van der Waals surface area contributed by atoms with Crippen molar-refractivity contribution < 1.29 is 0 Å². The van der Waals surface area contributed by atoms with Gasteiger partial charge >= 0.3 is 0 Å². The average Bonchev–Trinajstić information content (AvgIpc) is 2.80. The summed E-state index contributed by atoms with van der Waals surface area (Å²) in [5, 5.41) is 3.55. The molecule has 1 aromatic carbocycles. The minimum atomic E-state index is -0.000648. The van der Waals surface area contributed by atoms with Crippen LogP contribution in [0.5, 0.6) is 0 Å². The Morgan fingerprint density at radius 3 is 2.65 bits per heavy atom. The first-order valence-corrected chi connectivity index (χ1v) is 5.80. The zero-order valence-electron chi connectivity index (χ0n) is 9.40. The van der Waals surface area contributed by atoms with Crippen LogP contribution in [0.3, 0.4) is 0 Å². The Bertz CT molecular complexity index is 612. The van der Waals surface area contributed by atoms with Gasteiger partial charge in [-0.1, -0.05) is 11.6 Å². The Hall–Kier alpha value is -1.52. The topological polar surface area (TPSA) is 41.0 Å². The van der Waals surface area contributed by atoms with Gasteiger partial charge in [0.05, 0.1) is 16.9 Å². The smallest absolute Gasteiger partial charge is 0.269 e. The van der Waals surface area contributed by atoms with Crippen LogP contribution in [0.1, 0.15) is 11.3 Å². The normalized spacial score (nSPS) is 15.2. The maximum Gasteiger partial charge on any atom is 0.269 e. The summed E-state index contributed by atoms with van der Waals surface area (Å²) < 4.78 is 1.84. The molecule has 1 aliphatic heterocycles. The quantitative estimate of drug-likeness (QED) is 0.837. The molecule has 0 radical (unpaired) electrons. The van der Waals surface area contributed by atoms with Crippen molar-refractivity contribution in [2.45, 2.75) is 13.1 Å². The average molecular weight is 250 g/mol. The molecule has 0 saturated carbocycles. The molecule has 0 bridgehead atoms. The van der Waals surface area contributed by atoms with Crippen molar-refractivity contribution in [2.24, 2.45) is 0 Å². The molecule has 1 aromatic heterocycles. The number of rotatable bonds is 1. The fourth-order valence-electron chi connectivity index (χ4n) is 2.22. The van der Waals surface area contributed by atoms with Gasteiger partial charge in [0.15, 0.2) is 0 Å². The lowest BCUT2D eigenvalue weighted by Crippen LogP contribution is -2.16. The number of aromatic nitrogens is 2. The Labute approximate surface area is 103 Å². The summed E-state index contributed by atoms with van der Waals surface area (Å²) in [7, 11) is 2.01. The van der Waals surface area contributed by atoms with Crippen LogP contribution in [0.15, 0.2) is 29.1 Å². The first kappa shape index (κ1) is 10.6. The van der Waals surface area contributed by atoms with E-state index in [4.69, 9.17) is 11.6 Å². The predicted octanol–water partition coefficient (Wildman–Crippen LogP) is 1.76. The van der Waals surface area contributed by atoms with Gasteiger partial charge in [0, 0.05) is 18.1 Å². The number of H-pyrrole nitrogens is 1. The second-order valence-electron chi connectivity index (χ2n) is 4.35. The number of nitrogens with zero attached hydrogens (tertiary/aromatic N) is 2. The van der Waals surface area contributed by atoms with E-state index in [0.717, 1.165) is 23.5 Å². The molecule has 1 N–H and O–H groups in total. The van der Waals surface area contributed by atoms with Gasteiger partial charge in [-0.15, -0.1) is 0 Å². The monoisotopic (exact) mass is 249 g/mol. The number of aromatic amines is 1. The van der Waals surface area contributed by atoms with E-state index in [2.05, 4.69) is 10.00 Å². The van der Waals surface area contributed by atoms with Crippen molar-refractivity contribution in [3.05, 3.63) is 50.9 Å². The second-order valence-corrected chi connectivity index (χ2v) is 4.79. The van der Waals surface area contributed by atoms with E-state index in [-0.39, 0.29) is 5.56 Å². The molecule has 4 nitrogen and oxygen atoms in total. The van der Waals surface area contributed by atoms with Crippen molar-refractivity contribution >= 4 is 11.6 Å². The molecule has 88 valence electrons. The lowest BCUT2D eigenvalue weighted by Gasteiger charge is -2.09. The maximum atomic E-state index is 11.8. The van der Waals surface area contributed by atoms with Crippen LogP contribution in [0.2, 0.25) is 5.02 Å². The number of benzene rings is 1. The number of hydrogen-bond acceptors (Lipinski definition) is 2. The Morgan fingerprint density at radius 1 is 1.24 bits per heavy atom. The molecular weight excluding hydrogens is 238 g/mol. The van der Waals surface area contributed by atoms with Gasteiger partial charge in [0.2, 0.25) is 0 Å². The molecule has 3 rings (SSSR count). The van der Waals surface area contributed by atoms with Gasteiger partial charge in [-0.3, -0.25) is 19.5 Å². The van der Waals surface area contributed by atoms with Gasteiger partial charge in [-0.05, 0) is 31.3 Å². The summed E-state index contributed by atoms with van der Waals surface area (Å²) in [5.74, 6) is 0. The zero-order valence-corrected chi connectivity index (χ0v) is 10.2. The van der Waals surface area contributed by atoms with Crippen LogP contribution in [-0.2, 0) is 13.1 Å². The van der Waals surface area contributed by atoms with Crippen molar-refractivity contribution in [1.29, 1.82) is 0 Å². The molecule has 0 spiro atoms. The summed E-state index contributed by atoms with van der Waals surface area (Å²) in [6.07, 6.45) is 0. The fraction of sp³-hybridized carbons (Fsp3) is 0.250. The minimum absolute atomic E-state index is 0.000648. The molecule has 0 saturated heterocycles. The number of nitrogens with one attached hydrogen (secondary N) is 1. The third-order valence-corrected chi connectivity index (χ3v) is 3.29. The highest BCUT2D eigenvalue weighted by Gasteiger charge is 2.24. The van der Waals surface area contributed by atoms with Crippen LogP contribution in [0, 0.1) is 0 Å². The molecule has 2 heterocycles. The van der Waals surface area contributed by atoms with Crippen molar-refractivity contribution in [2.75, 3.05) is 7.05 Å². The molecule has 2 aromatic rings. The summed E-state index contributed by atoms with van der Waals surface area (Å²) in [6, 6.07) is 7.44.